The van der Waals surface area contributed by atoms with Crippen LogP contribution in [0.15, 0.2) is 0 Å². The Balaban J connectivity index is 2.22. The predicted octanol–water partition coefficient (Wildman–Crippen LogP) is 0.145. The molecule has 92 valence electrons. The first-order chi connectivity index (χ1) is 7.40. The molecule has 0 aliphatic carbocycles. The predicted molar refractivity (Wildman–Crippen MR) is 62.4 cm³/mol. The maximum Gasteiger partial charge on any atom is 0.225 e. The van der Waals surface area contributed by atoms with Crippen LogP contribution in [0.25, 0.3) is 0 Å². The fourth-order valence-electron chi connectivity index (χ4n) is 1.80. The van der Waals surface area contributed by atoms with Crippen LogP contribution in [0.4, 0.5) is 0 Å². The number of carbonyl (C=O) groups is 1. The molecule has 0 saturated carbocycles. The number of hydrogen-bond acceptors (Lipinski definition) is 3. The van der Waals surface area contributed by atoms with E-state index in [4.69, 9.17) is 10.5 Å². The van der Waals surface area contributed by atoms with E-state index in [0.29, 0.717) is 11.8 Å². The van der Waals surface area contributed by atoms with Gasteiger partial charge in [-0.3, -0.25) is 10.2 Å². The molecule has 0 aromatic rings. The molecule has 0 aromatic carbocycles. The Morgan fingerprint density at radius 1 is 1.62 bits per heavy atom. The molecular formula is C11H21N3O2. The van der Waals surface area contributed by atoms with Crippen molar-refractivity contribution < 1.29 is 9.90 Å². The van der Waals surface area contributed by atoms with Crippen LogP contribution < -0.4 is 0 Å². The first-order valence-electron chi connectivity index (χ1n) is 5.62. The normalized spacial score (nSPS) is 17.9. The van der Waals surface area contributed by atoms with Crippen LogP contribution in [0.2, 0.25) is 0 Å². The summed E-state index contributed by atoms with van der Waals surface area (Å²) in [6.45, 7) is 5.72. The fraction of sp³-hybridized carbons (Fsp3) is 0.818. The van der Waals surface area contributed by atoms with E-state index >= 15 is 0 Å². The Morgan fingerprint density at radius 3 is 2.62 bits per heavy atom. The third kappa shape index (κ3) is 3.48. The molecule has 0 spiro atoms. The van der Waals surface area contributed by atoms with Gasteiger partial charge in [0.05, 0.1) is 18.4 Å². The molecular weight excluding hydrogens is 206 g/mol. The number of carbonyl (C=O) groups excluding carboxylic acids is 1. The summed E-state index contributed by atoms with van der Waals surface area (Å²) in [6, 6.07) is 0. The Labute approximate surface area is 96.5 Å². The highest BCUT2D eigenvalue weighted by atomic mass is 16.3. The van der Waals surface area contributed by atoms with Gasteiger partial charge in [-0.05, 0) is 13.8 Å². The number of likely N-dealkylation sites (tertiary alicyclic amines) is 1. The molecule has 2 N–H and O–H groups in total. The Hall–Kier alpha value is -1.10. The highest BCUT2D eigenvalue weighted by molar-refractivity contribution is 5.78. The van der Waals surface area contributed by atoms with E-state index in [2.05, 4.69) is 0 Å². The molecule has 1 amide bonds. The van der Waals surface area contributed by atoms with E-state index in [1.165, 1.54) is 0 Å². The smallest absolute Gasteiger partial charge is 0.225 e. The number of aliphatic hydroxyl groups is 1. The summed E-state index contributed by atoms with van der Waals surface area (Å²) in [6.07, 6.45) is -0.343. The minimum Gasteiger partial charge on any atom is -0.393 e. The highest BCUT2D eigenvalue weighted by Crippen LogP contribution is 2.17. The lowest BCUT2D eigenvalue weighted by atomic mass is 9.98. The zero-order valence-electron chi connectivity index (χ0n) is 10.2. The first kappa shape index (κ1) is 13.0. The van der Waals surface area contributed by atoms with Gasteiger partial charge in [0, 0.05) is 32.6 Å². The summed E-state index contributed by atoms with van der Waals surface area (Å²) in [5.41, 5.74) is 0. The largest absolute Gasteiger partial charge is 0.393 e. The highest BCUT2D eigenvalue weighted by Gasteiger charge is 2.31. The number of amidine groups is 1. The Bertz CT molecular complexity index is 272. The molecule has 1 fully saturated rings. The average Bonchev–Trinajstić information content (AvgIpc) is 2.08. The van der Waals surface area contributed by atoms with Gasteiger partial charge in [0.25, 0.3) is 0 Å². The first-order valence-corrected chi connectivity index (χ1v) is 5.62. The van der Waals surface area contributed by atoms with Gasteiger partial charge in [-0.2, -0.15) is 0 Å². The zero-order valence-corrected chi connectivity index (χ0v) is 10.2. The van der Waals surface area contributed by atoms with E-state index in [1.54, 1.807) is 18.7 Å². The van der Waals surface area contributed by atoms with Gasteiger partial charge >= 0.3 is 0 Å². The molecule has 16 heavy (non-hydrogen) atoms. The van der Waals surface area contributed by atoms with Crippen molar-refractivity contribution in [2.75, 3.05) is 26.7 Å². The van der Waals surface area contributed by atoms with Gasteiger partial charge < -0.3 is 14.9 Å². The lowest BCUT2D eigenvalue weighted by Crippen LogP contribution is -2.54. The Morgan fingerprint density at radius 2 is 2.19 bits per heavy atom. The summed E-state index contributed by atoms with van der Waals surface area (Å²) >= 11 is 0. The summed E-state index contributed by atoms with van der Waals surface area (Å²) in [5.74, 6) is 1.04. The van der Waals surface area contributed by atoms with Crippen molar-refractivity contribution in [3.8, 4) is 0 Å². The second-order valence-electron chi connectivity index (χ2n) is 4.68. The number of amides is 1. The number of nitrogens with zero attached hydrogens (tertiary/aromatic N) is 2. The zero-order chi connectivity index (χ0) is 12.3. The molecule has 1 aliphatic rings. The molecule has 1 saturated heterocycles. The number of rotatable bonds is 4. The summed E-state index contributed by atoms with van der Waals surface area (Å²) in [4.78, 5) is 15.2. The van der Waals surface area contributed by atoms with Crippen molar-refractivity contribution >= 4 is 11.7 Å². The average molecular weight is 227 g/mol. The van der Waals surface area contributed by atoms with Crippen LogP contribution in [0.3, 0.4) is 0 Å². The van der Waals surface area contributed by atoms with Crippen molar-refractivity contribution in [1.29, 1.82) is 5.41 Å². The van der Waals surface area contributed by atoms with Crippen LogP contribution in [0.5, 0.6) is 0 Å². The maximum absolute atomic E-state index is 11.5. The maximum atomic E-state index is 11.5. The second-order valence-corrected chi connectivity index (χ2v) is 4.68. The van der Waals surface area contributed by atoms with E-state index in [9.17, 15) is 4.79 Å². The summed E-state index contributed by atoms with van der Waals surface area (Å²) < 4.78 is 0. The lowest BCUT2D eigenvalue weighted by molar-refractivity contribution is -0.139. The Kier molecular flexibility index (Phi) is 4.29. The third-order valence-electron chi connectivity index (χ3n) is 2.88. The van der Waals surface area contributed by atoms with Gasteiger partial charge in [-0.25, -0.2) is 0 Å². The third-order valence-corrected chi connectivity index (χ3v) is 2.88. The van der Waals surface area contributed by atoms with Gasteiger partial charge in [0.15, 0.2) is 0 Å². The monoisotopic (exact) mass is 227 g/mol. The van der Waals surface area contributed by atoms with Gasteiger partial charge in [-0.1, -0.05) is 0 Å². The molecule has 0 radical (unpaired) electrons. The summed E-state index contributed by atoms with van der Waals surface area (Å²) in [5, 5.41) is 16.5. The fourth-order valence-corrected chi connectivity index (χ4v) is 1.80. The van der Waals surface area contributed by atoms with Gasteiger partial charge in [-0.15, -0.1) is 0 Å². The van der Waals surface area contributed by atoms with Crippen molar-refractivity contribution in [1.82, 2.24) is 9.80 Å². The SMILES string of the molecule is CC(=N)N(C)CC1CN(C(=O)CC(C)O)C1. The van der Waals surface area contributed by atoms with Crippen LogP contribution in [-0.4, -0.2) is 59.4 Å². The lowest BCUT2D eigenvalue weighted by Gasteiger charge is -2.41. The standard InChI is InChI=1S/C11H21N3O2/c1-8(15)4-11(16)14-6-10(7-14)5-13(3)9(2)12/h8,10,12,15H,4-7H2,1-3H3. The molecule has 1 atom stereocenters. The van der Waals surface area contributed by atoms with Crippen molar-refractivity contribution in [3.05, 3.63) is 0 Å². The van der Waals surface area contributed by atoms with E-state index in [0.717, 1.165) is 19.6 Å². The topological polar surface area (TPSA) is 67.6 Å². The number of hydrogen-bond donors (Lipinski definition) is 2. The molecule has 1 aliphatic heterocycles. The number of nitrogens with one attached hydrogen (secondary N) is 1. The van der Waals surface area contributed by atoms with Crippen LogP contribution in [0.1, 0.15) is 20.3 Å². The van der Waals surface area contributed by atoms with E-state index in [-0.39, 0.29) is 12.3 Å². The summed E-state index contributed by atoms with van der Waals surface area (Å²) in [7, 11) is 1.89. The van der Waals surface area contributed by atoms with Crippen LogP contribution in [-0.2, 0) is 4.79 Å². The van der Waals surface area contributed by atoms with Gasteiger partial charge in [0.1, 0.15) is 0 Å². The van der Waals surface area contributed by atoms with Crippen molar-refractivity contribution in [3.63, 3.8) is 0 Å². The molecule has 1 unspecified atom stereocenters. The minimum absolute atomic E-state index is 0.0282. The van der Waals surface area contributed by atoms with Crippen molar-refractivity contribution in [2.24, 2.45) is 5.92 Å². The molecule has 5 nitrogen and oxygen atoms in total. The molecule has 0 aromatic heterocycles. The minimum atomic E-state index is -0.557. The molecule has 5 heteroatoms. The molecule has 1 heterocycles. The van der Waals surface area contributed by atoms with Crippen LogP contribution >= 0.6 is 0 Å². The van der Waals surface area contributed by atoms with Gasteiger partial charge in [0.2, 0.25) is 5.91 Å². The molecule has 1 rings (SSSR count). The van der Waals surface area contributed by atoms with E-state index in [1.807, 2.05) is 11.9 Å². The van der Waals surface area contributed by atoms with E-state index < -0.39 is 6.10 Å². The molecule has 0 bridgehead atoms. The number of aliphatic hydroxyl groups excluding tert-OH is 1. The second kappa shape index (κ2) is 5.30. The quantitative estimate of drug-likeness (QED) is 0.530. The van der Waals surface area contributed by atoms with Crippen molar-refractivity contribution in [2.45, 2.75) is 26.4 Å². The van der Waals surface area contributed by atoms with Crippen LogP contribution in [0, 0.1) is 11.3 Å².